The van der Waals surface area contributed by atoms with Crippen molar-refractivity contribution in [1.29, 1.82) is 0 Å². The Hall–Kier alpha value is -2.54. The molecule has 1 N–H and O–H groups in total. The second-order valence-electron chi connectivity index (χ2n) is 5.73. The fourth-order valence-corrected chi connectivity index (χ4v) is 4.19. The van der Waals surface area contributed by atoms with Crippen LogP contribution in [0.25, 0.3) is 21.3 Å². The summed E-state index contributed by atoms with van der Waals surface area (Å²) < 4.78 is 1.84. The van der Waals surface area contributed by atoms with Gasteiger partial charge in [-0.3, -0.25) is 4.79 Å². The molecule has 3 aromatic heterocycles. The normalized spacial score (nSPS) is 11.6. The number of aromatic nitrogens is 5. The van der Waals surface area contributed by atoms with E-state index in [-0.39, 0.29) is 5.56 Å². The van der Waals surface area contributed by atoms with Gasteiger partial charge in [-0.1, -0.05) is 24.3 Å². The van der Waals surface area contributed by atoms with Crippen molar-refractivity contribution in [3.05, 3.63) is 50.9 Å². The number of para-hydroxylation sites is 1. The Balaban J connectivity index is 1.67. The van der Waals surface area contributed by atoms with Gasteiger partial charge in [0.2, 0.25) is 0 Å². The molecule has 3 heterocycles. The van der Waals surface area contributed by atoms with Crippen molar-refractivity contribution in [2.24, 2.45) is 0 Å². The van der Waals surface area contributed by atoms with Gasteiger partial charge < -0.3 is 4.98 Å². The molecule has 122 valence electrons. The number of hydrogen-bond donors (Lipinski definition) is 1. The van der Waals surface area contributed by atoms with Gasteiger partial charge in [0.25, 0.3) is 5.56 Å². The van der Waals surface area contributed by atoms with E-state index in [1.165, 1.54) is 4.88 Å². The predicted octanol–water partition coefficient (Wildman–Crippen LogP) is 2.84. The van der Waals surface area contributed by atoms with Crippen LogP contribution in [0.4, 0.5) is 0 Å². The second kappa shape index (κ2) is 5.83. The third kappa shape index (κ3) is 2.41. The van der Waals surface area contributed by atoms with Crippen molar-refractivity contribution in [1.82, 2.24) is 25.0 Å². The number of thiophene rings is 1. The van der Waals surface area contributed by atoms with Gasteiger partial charge >= 0.3 is 0 Å². The molecule has 0 aliphatic rings. The van der Waals surface area contributed by atoms with Crippen LogP contribution in [0.2, 0.25) is 0 Å². The lowest BCUT2D eigenvalue weighted by Crippen LogP contribution is -2.14. The summed E-state index contributed by atoms with van der Waals surface area (Å²) in [7, 11) is 0. The molecular weight excluding hydrogens is 322 g/mol. The molecule has 0 radical (unpaired) electrons. The zero-order valence-corrected chi connectivity index (χ0v) is 14.4. The zero-order chi connectivity index (χ0) is 16.7. The first kappa shape index (κ1) is 15.0. The van der Waals surface area contributed by atoms with Gasteiger partial charge in [-0.05, 0) is 31.0 Å². The van der Waals surface area contributed by atoms with Crippen molar-refractivity contribution in [2.45, 2.75) is 33.2 Å². The third-order valence-corrected chi connectivity index (χ3v) is 5.29. The van der Waals surface area contributed by atoms with E-state index in [0.717, 1.165) is 33.2 Å². The molecule has 7 heteroatoms. The van der Waals surface area contributed by atoms with E-state index in [0.29, 0.717) is 18.8 Å². The van der Waals surface area contributed by atoms with Crippen LogP contribution in [0.3, 0.4) is 0 Å². The standard InChI is InChI=1S/C17H17N5OS/c1-3-11-10(2)24-17-15(11)16(23)18-14(19-17)8-9-22-13-7-5-4-6-12(13)20-21-22/h4-7H,3,8-9H2,1-2H3,(H,18,19,23). The molecule has 24 heavy (non-hydrogen) atoms. The van der Waals surface area contributed by atoms with E-state index in [4.69, 9.17) is 0 Å². The summed E-state index contributed by atoms with van der Waals surface area (Å²) in [6, 6.07) is 7.84. The monoisotopic (exact) mass is 339 g/mol. The topological polar surface area (TPSA) is 76.5 Å². The van der Waals surface area contributed by atoms with Gasteiger partial charge in [0.15, 0.2) is 0 Å². The van der Waals surface area contributed by atoms with E-state index in [9.17, 15) is 4.79 Å². The predicted molar refractivity (Wildman–Crippen MR) is 95.6 cm³/mol. The molecule has 0 amide bonds. The first-order valence-electron chi connectivity index (χ1n) is 7.96. The van der Waals surface area contributed by atoms with Crippen LogP contribution in [0.1, 0.15) is 23.2 Å². The lowest BCUT2D eigenvalue weighted by atomic mass is 10.1. The Bertz CT molecular complexity index is 1090. The number of nitrogens with zero attached hydrogens (tertiary/aromatic N) is 4. The Labute approximate surface area is 142 Å². The van der Waals surface area contributed by atoms with E-state index in [1.54, 1.807) is 11.3 Å². The minimum absolute atomic E-state index is 0.0420. The van der Waals surface area contributed by atoms with Crippen LogP contribution in [0, 0.1) is 6.92 Å². The van der Waals surface area contributed by atoms with Crippen molar-refractivity contribution >= 4 is 32.6 Å². The summed E-state index contributed by atoms with van der Waals surface area (Å²) in [5.41, 5.74) is 2.93. The summed E-state index contributed by atoms with van der Waals surface area (Å²) in [5.74, 6) is 0.691. The van der Waals surface area contributed by atoms with Gasteiger partial charge in [0.05, 0.1) is 17.4 Å². The molecule has 0 aliphatic carbocycles. The maximum absolute atomic E-state index is 12.4. The molecule has 1 aromatic carbocycles. The molecular formula is C17H17N5OS. The summed E-state index contributed by atoms with van der Waals surface area (Å²) >= 11 is 1.59. The Morgan fingerprint density at radius 3 is 2.96 bits per heavy atom. The van der Waals surface area contributed by atoms with Crippen LogP contribution >= 0.6 is 11.3 Å². The summed E-state index contributed by atoms with van der Waals surface area (Å²) in [5, 5.41) is 9.07. The van der Waals surface area contributed by atoms with Gasteiger partial charge in [0, 0.05) is 11.3 Å². The smallest absolute Gasteiger partial charge is 0.259 e. The lowest BCUT2D eigenvalue weighted by molar-refractivity contribution is 0.594. The van der Waals surface area contributed by atoms with Crippen molar-refractivity contribution < 1.29 is 0 Å². The van der Waals surface area contributed by atoms with Crippen LogP contribution in [0.5, 0.6) is 0 Å². The quantitative estimate of drug-likeness (QED) is 0.620. The first-order chi connectivity index (χ1) is 11.7. The zero-order valence-electron chi connectivity index (χ0n) is 13.5. The van der Waals surface area contributed by atoms with Gasteiger partial charge in [0.1, 0.15) is 16.2 Å². The maximum atomic E-state index is 12.4. The van der Waals surface area contributed by atoms with Crippen LogP contribution < -0.4 is 5.56 Å². The molecule has 0 aliphatic heterocycles. The molecule has 0 fully saturated rings. The average Bonchev–Trinajstić information content (AvgIpc) is 3.13. The lowest BCUT2D eigenvalue weighted by Gasteiger charge is -2.03. The number of benzene rings is 1. The van der Waals surface area contributed by atoms with Gasteiger partial charge in [-0.15, -0.1) is 16.4 Å². The minimum atomic E-state index is -0.0420. The average molecular weight is 339 g/mol. The summed E-state index contributed by atoms with van der Waals surface area (Å²) in [4.78, 5) is 22.0. The Kier molecular flexibility index (Phi) is 3.65. The Morgan fingerprint density at radius 1 is 1.29 bits per heavy atom. The molecule has 0 saturated carbocycles. The number of hydrogen-bond acceptors (Lipinski definition) is 5. The third-order valence-electron chi connectivity index (χ3n) is 4.25. The molecule has 6 nitrogen and oxygen atoms in total. The van der Waals surface area contributed by atoms with Crippen LogP contribution in [-0.4, -0.2) is 25.0 Å². The van der Waals surface area contributed by atoms with Crippen molar-refractivity contribution in [3.63, 3.8) is 0 Å². The highest BCUT2D eigenvalue weighted by Gasteiger charge is 2.14. The molecule has 4 rings (SSSR count). The minimum Gasteiger partial charge on any atom is -0.310 e. The van der Waals surface area contributed by atoms with Crippen LogP contribution in [0.15, 0.2) is 29.1 Å². The van der Waals surface area contributed by atoms with Crippen molar-refractivity contribution in [2.75, 3.05) is 0 Å². The first-order valence-corrected chi connectivity index (χ1v) is 8.78. The van der Waals surface area contributed by atoms with E-state index in [1.807, 2.05) is 35.9 Å². The SMILES string of the molecule is CCc1c(C)sc2nc(CCn3nnc4ccccc43)[nH]c(=O)c12. The van der Waals surface area contributed by atoms with E-state index < -0.39 is 0 Å². The molecule has 0 atom stereocenters. The number of nitrogens with one attached hydrogen (secondary N) is 1. The van der Waals surface area contributed by atoms with Crippen molar-refractivity contribution in [3.8, 4) is 0 Å². The number of aromatic amines is 1. The largest absolute Gasteiger partial charge is 0.310 e. The highest BCUT2D eigenvalue weighted by Crippen LogP contribution is 2.27. The number of H-pyrrole nitrogens is 1. The van der Waals surface area contributed by atoms with E-state index in [2.05, 4.69) is 27.2 Å². The van der Waals surface area contributed by atoms with Crippen LogP contribution in [-0.2, 0) is 19.4 Å². The number of aryl methyl sites for hydroxylation is 4. The molecule has 0 spiro atoms. The summed E-state index contributed by atoms with van der Waals surface area (Å²) in [6.07, 6.45) is 1.46. The number of rotatable bonds is 4. The molecule has 0 bridgehead atoms. The fraction of sp³-hybridized carbons (Fsp3) is 0.294. The highest BCUT2D eigenvalue weighted by molar-refractivity contribution is 7.18. The molecule has 0 unspecified atom stereocenters. The van der Waals surface area contributed by atoms with E-state index >= 15 is 0 Å². The Morgan fingerprint density at radius 2 is 2.12 bits per heavy atom. The number of fused-ring (bicyclic) bond motifs is 2. The highest BCUT2D eigenvalue weighted by atomic mass is 32.1. The molecule has 4 aromatic rings. The summed E-state index contributed by atoms with van der Waals surface area (Å²) in [6.45, 7) is 4.74. The molecule has 0 saturated heterocycles. The van der Waals surface area contributed by atoms with Gasteiger partial charge in [-0.2, -0.15) is 0 Å². The second-order valence-corrected chi connectivity index (χ2v) is 6.94. The fourth-order valence-electron chi connectivity index (χ4n) is 3.06. The maximum Gasteiger partial charge on any atom is 0.259 e. The van der Waals surface area contributed by atoms with Gasteiger partial charge in [-0.25, -0.2) is 9.67 Å².